The molecule has 1 N–H and O–H groups in total. The van der Waals surface area contributed by atoms with Gasteiger partial charge in [-0.1, -0.05) is 20.3 Å². The van der Waals surface area contributed by atoms with Crippen molar-refractivity contribution < 1.29 is 9.90 Å². The molecule has 55 radical (unpaired) electrons. The lowest BCUT2D eigenvalue weighted by atomic mass is 8.24. The van der Waals surface area contributed by atoms with E-state index < -0.39 is 160 Å². The highest BCUT2D eigenvalue weighted by Crippen LogP contribution is 2.37. The zero-order valence-electron chi connectivity index (χ0n) is 37.8. The minimum Gasteiger partial charge on any atom is -0.392 e. The standard InChI is InChI=1S/C9H16O2.B53/c1-3-7-6(2)4-9(11)8(7)5-10;1-28-42(29(2)3)49(43(30(4)5)31(6)7)52(48(40(24)25)41(26)27)53(50(44(32(8)9)33(10)11)45(34(12)13)35(14)15)51(46(36(16)17)37(18)19)47(38(20)21)39(22)23/h5-9,11H,3-4H2,1-2H3;/t6-,7+,8?,9+;/m0./s1. The second-order valence-electron chi connectivity index (χ2n) is 18.2. The maximum atomic E-state index is 10.6. The van der Waals surface area contributed by atoms with Crippen LogP contribution in [0.4, 0.5) is 0 Å². The van der Waals surface area contributed by atoms with Crippen LogP contribution >= 0.6 is 0 Å². The van der Waals surface area contributed by atoms with Gasteiger partial charge in [0.25, 0.3) is 0 Å². The van der Waals surface area contributed by atoms with E-state index in [2.05, 4.69) is 13.8 Å². The van der Waals surface area contributed by atoms with Crippen LogP contribution in [0.15, 0.2) is 0 Å². The number of aliphatic hydroxyl groups is 1. The van der Waals surface area contributed by atoms with E-state index in [1.165, 1.54) is 7.06 Å². The number of hydrogen-bond donors (Lipinski definition) is 1. The zero-order valence-corrected chi connectivity index (χ0v) is 37.8. The van der Waals surface area contributed by atoms with Crippen molar-refractivity contribution in [1.82, 2.24) is 0 Å². The number of hydrogen-bond acceptors (Lipinski definition) is 2. The van der Waals surface area contributed by atoms with E-state index in [0.29, 0.717) is 11.8 Å². The molecule has 1 unspecified atom stereocenters. The first-order valence-corrected chi connectivity index (χ1v) is 21.7. The van der Waals surface area contributed by atoms with E-state index in [0.717, 1.165) is 19.1 Å². The molecule has 55 heteroatoms. The van der Waals surface area contributed by atoms with Gasteiger partial charge in [-0.25, -0.2) is 0 Å². The van der Waals surface area contributed by atoms with Crippen molar-refractivity contribution in [3.63, 3.8) is 0 Å². The molecule has 223 valence electrons. The van der Waals surface area contributed by atoms with Crippen molar-refractivity contribution in [3.8, 4) is 0 Å². The number of carbonyl (C=O) groups excluding carboxylic acids is 1. The normalized spacial score (nSPS) is 15.6. The molecule has 0 aromatic heterocycles. The minimum absolute atomic E-state index is 0.102. The summed E-state index contributed by atoms with van der Waals surface area (Å²) in [5.41, 5.74) is 0. The molecule has 0 aliphatic heterocycles. The first-order chi connectivity index (χ1) is 29.3. The SMILES string of the molecule is CC[C@H]1C(C=O)[C@H](O)C[C@@H]1C.[B][B]B(B([B])[B])B(B(B([B])[B])B([B])[B])B(B(B([B])[B])B([B])[B])B(B(B(B([B])[B])B([B])[B])B(B([B])[B])B([B])[B])B(B(B([B])[B])B([B])[B])B(B([B])[B])B([B])[B]. The molecule has 0 amide bonds. The summed E-state index contributed by atoms with van der Waals surface area (Å²) in [5.74, 6) is 0.808. The molecule has 0 aromatic rings. The summed E-state index contributed by atoms with van der Waals surface area (Å²) in [7, 11) is 176. The molecular weight excluding hydrogens is 713 g/mol. The zero-order chi connectivity index (χ0) is 50.6. The van der Waals surface area contributed by atoms with Crippen LogP contribution < -0.4 is 0 Å². The Hall–Kier alpha value is 3.07. The fraction of sp³-hybridized carbons (Fsp3) is 0.889. The molecule has 1 fully saturated rings. The Labute approximate surface area is 438 Å². The van der Waals surface area contributed by atoms with Crippen LogP contribution in [0, 0.1) is 17.8 Å². The first kappa shape index (κ1) is 67.1. The molecule has 1 rings (SSSR count). The lowest BCUT2D eigenvalue weighted by Gasteiger charge is -2.57. The summed E-state index contributed by atoms with van der Waals surface area (Å²) in [6, 6.07) is 0. The molecule has 4 atom stereocenters. The molecule has 0 aromatic carbocycles. The number of carbonyl (C=O) groups is 1. The van der Waals surface area contributed by atoms with Gasteiger partial charge in [0.05, 0.1) is 6.10 Å². The third-order valence-electron chi connectivity index (χ3n) is 13.8. The van der Waals surface area contributed by atoms with E-state index in [4.69, 9.17) is 209 Å². The molecule has 1 aliphatic rings. The van der Waals surface area contributed by atoms with E-state index in [1.54, 1.807) is 0 Å². The second kappa shape index (κ2) is 31.6. The van der Waals surface area contributed by atoms with Crippen molar-refractivity contribution in [1.29, 1.82) is 0 Å². The van der Waals surface area contributed by atoms with E-state index in [9.17, 15) is 9.90 Å². The number of aldehydes is 1. The van der Waals surface area contributed by atoms with Crippen LogP contribution in [0.3, 0.4) is 0 Å². The smallest absolute Gasteiger partial charge is 0.125 e. The Morgan fingerprint density at radius 1 is 0.422 bits per heavy atom. The molecule has 0 spiro atoms. The van der Waals surface area contributed by atoms with Gasteiger partial charge in [-0.2, -0.15) is 0 Å². The average molecular weight is 729 g/mol. The summed E-state index contributed by atoms with van der Waals surface area (Å²) in [4.78, 5) is 10.6. The van der Waals surface area contributed by atoms with E-state index in [-0.39, 0.29) is 12.0 Å². The quantitative estimate of drug-likeness (QED) is 0.0675. The summed E-state index contributed by atoms with van der Waals surface area (Å²) in [6.45, 7) is 4.19. The molecule has 0 bridgehead atoms. The molecule has 0 heterocycles. The van der Waals surface area contributed by atoms with E-state index >= 15 is 0 Å². The lowest BCUT2D eigenvalue weighted by Crippen LogP contribution is -2.95. The third kappa shape index (κ3) is 18.2. The Balaban J connectivity index is 0.00000311. The maximum Gasteiger partial charge on any atom is 0.125 e. The fourth-order valence-corrected chi connectivity index (χ4v) is 11.2. The Morgan fingerprint density at radius 2 is 0.641 bits per heavy atom. The van der Waals surface area contributed by atoms with Gasteiger partial charge in [0.15, 0.2) is 0 Å². The highest BCUT2D eigenvalue weighted by atomic mass is 16.3. The third-order valence-corrected chi connectivity index (χ3v) is 13.8. The van der Waals surface area contributed by atoms with Crippen LogP contribution in [0.5, 0.6) is 0 Å². The van der Waals surface area contributed by atoms with Crippen molar-refractivity contribution >= 4 is 382 Å². The van der Waals surface area contributed by atoms with Crippen molar-refractivity contribution in [2.24, 2.45) is 17.8 Å². The average Bonchev–Trinajstić information content (AvgIpc) is 3.40. The van der Waals surface area contributed by atoms with Gasteiger partial charge in [0, 0.05) is 382 Å². The predicted molar refractivity (Wildman–Crippen MR) is 348 cm³/mol. The van der Waals surface area contributed by atoms with Crippen LogP contribution in [-0.4, -0.2) is 393 Å². The first-order valence-electron chi connectivity index (χ1n) is 21.7. The minimum atomic E-state index is -1.40. The summed E-state index contributed by atoms with van der Waals surface area (Å²) < 4.78 is 0. The molecule has 1 aliphatic carbocycles. The molecular formula is C9H16B53O2. The summed E-state index contributed by atoms with van der Waals surface area (Å²) in [6.07, 6.45) is -30.3. The molecule has 0 saturated heterocycles. The molecule has 64 heavy (non-hydrogen) atoms. The van der Waals surface area contributed by atoms with Crippen LogP contribution in [0.25, 0.3) is 0 Å². The van der Waals surface area contributed by atoms with Crippen molar-refractivity contribution in [3.05, 3.63) is 0 Å². The Bertz CT molecular complexity index is 1110. The van der Waals surface area contributed by atoms with Gasteiger partial charge in [-0.3, -0.25) is 0 Å². The van der Waals surface area contributed by atoms with Gasteiger partial charge < -0.3 is 9.90 Å². The highest BCUT2D eigenvalue weighted by Gasteiger charge is 2.61. The maximum absolute atomic E-state index is 10.6. The summed E-state index contributed by atoms with van der Waals surface area (Å²) in [5, 5.41) is 9.43. The van der Waals surface area contributed by atoms with Gasteiger partial charge >= 0.3 is 0 Å². The van der Waals surface area contributed by atoms with Gasteiger partial charge in [0.2, 0.25) is 0 Å². The highest BCUT2D eigenvalue weighted by molar-refractivity contribution is 8.36. The number of rotatable bonds is 27. The Kier molecular flexibility index (Phi) is 33.1. The van der Waals surface area contributed by atoms with Crippen LogP contribution in [0.2, 0.25) is 0 Å². The second-order valence-corrected chi connectivity index (χ2v) is 18.2. The topological polar surface area (TPSA) is 37.3 Å². The number of aliphatic hydroxyl groups excluding tert-OH is 1. The summed E-state index contributed by atoms with van der Waals surface area (Å²) >= 11 is 0. The molecule has 2 nitrogen and oxygen atoms in total. The van der Waals surface area contributed by atoms with Crippen LogP contribution in [0.1, 0.15) is 26.7 Å². The molecule has 1 saturated carbocycles. The van der Waals surface area contributed by atoms with E-state index in [1.807, 2.05) is 0 Å². The van der Waals surface area contributed by atoms with Crippen LogP contribution in [-0.2, 0) is 4.79 Å². The Morgan fingerprint density at radius 3 is 0.812 bits per heavy atom. The lowest BCUT2D eigenvalue weighted by molar-refractivity contribution is -0.114. The largest absolute Gasteiger partial charge is 0.392 e. The van der Waals surface area contributed by atoms with Crippen molar-refractivity contribution in [2.75, 3.05) is 0 Å². The van der Waals surface area contributed by atoms with Gasteiger partial charge in [-0.05, 0) is 18.3 Å². The predicted octanol–water partition coefficient (Wildman–Crippen LogP) is -19.0. The fourth-order valence-electron chi connectivity index (χ4n) is 11.2. The van der Waals surface area contributed by atoms with Gasteiger partial charge in [0.1, 0.15) is 6.29 Å². The monoisotopic (exact) mass is 740 g/mol. The van der Waals surface area contributed by atoms with Crippen molar-refractivity contribution in [2.45, 2.75) is 32.8 Å². The van der Waals surface area contributed by atoms with Gasteiger partial charge in [-0.15, -0.1) is 0 Å².